The molecule has 31 heavy (non-hydrogen) atoms. The van der Waals surface area contributed by atoms with Gasteiger partial charge in [-0.1, -0.05) is 55.5 Å². The lowest BCUT2D eigenvalue weighted by Gasteiger charge is -2.23. The highest BCUT2D eigenvalue weighted by atomic mass is 16.2. The molecule has 1 atom stereocenters. The summed E-state index contributed by atoms with van der Waals surface area (Å²) in [5.41, 5.74) is 1.30. The number of benzene rings is 2. The molecule has 160 valence electrons. The summed E-state index contributed by atoms with van der Waals surface area (Å²) >= 11 is 0. The summed E-state index contributed by atoms with van der Waals surface area (Å²) in [5.74, 6) is 5.86. The van der Waals surface area contributed by atoms with Crippen LogP contribution in [0, 0.1) is 0 Å². The zero-order chi connectivity index (χ0) is 22.0. The van der Waals surface area contributed by atoms with Gasteiger partial charge in [0.2, 0.25) is 5.91 Å². The van der Waals surface area contributed by atoms with Crippen molar-refractivity contribution in [1.82, 2.24) is 14.9 Å². The number of aromatic nitrogens is 1. The smallest absolute Gasteiger partial charge is 0.276 e. The summed E-state index contributed by atoms with van der Waals surface area (Å²) in [6.45, 7) is 2.71. The predicted molar refractivity (Wildman–Crippen MR) is 120 cm³/mol. The number of nitrogens with zero attached hydrogens (tertiary/aromatic N) is 2. The summed E-state index contributed by atoms with van der Waals surface area (Å²) in [5, 5.41) is 4.01. The topological polar surface area (TPSA) is 97.4 Å². The molecular formula is C24H26N4O3. The van der Waals surface area contributed by atoms with Crippen LogP contribution in [0.1, 0.15) is 53.8 Å². The van der Waals surface area contributed by atoms with Crippen molar-refractivity contribution in [1.29, 1.82) is 0 Å². The van der Waals surface area contributed by atoms with Crippen LogP contribution in [0.15, 0.2) is 59.4 Å². The highest BCUT2D eigenvalue weighted by Crippen LogP contribution is 2.24. The fourth-order valence-electron chi connectivity index (χ4n) is 4.21. The van der Waals surface area contributed by atoms with Gasteiger partial charge in [0.1, 0.15) is 0 Å². The number of hydrogen-bond acceptors (Lipinski definition) is 4. The third-order valence-electron chi connectivity index (χ3n) is 5.88. The van der Waals surface area contributed by atoms with Crippen LogP contribution in [0.3, 0.4) is 0 Å². The minimum absolute atomic E-state index is 0.00249. The summed E-state index contributed by atoms with van der Waals surface area (Å²) in [6, 6.07) is 16.5. The minimum Gasteiger partial charge on any atom is -0.345 e. The molecule has 0 aliphatic carbocycles. The maximum absolute atomic E-state index is 13.6. The number of nitrogens with two attached hydrogens (primary N) is 1. The maximum Gasteiger partial charge on any atom is 0.276 e. The number of carbonyl (C=O) groups is 2. The highest BCUT2D eigenvalue weighted by Gasteiger charge is 2.27. The molecule has 0 saturated carbocycles. The van der Waals surface area contributed by atoms with E-state index in [0.717, 1.165) is 16.7 Å². The van der Waals surface area contributed by atoms with Crippen molar-refractivity contribution in [3.8, 4) is 0 Å². The van der Waals surface area contributed by atoms with Crippen LogP contribution in [0.25, 0.3) is 10.8 Å². The molecular weight excluding hydrogens is 392 g/mol. The molecule has 1 aliphatic rings. The Labute approximate surface area is 180 Å². The number of pyridine rings is 1. The molecule has 0 radical (unpaired) electrons. The van der Waals surface area contributed by atoms with E-state index in [2.05, 4.69) is 5.32 Å². The van der Waals surface area contributed by atoms with Gasteiger partial charge in [-0.2, -0.15) is 0 Å². The molecule has 2 aromatic carbocycles. The van der Waals surface area contributed by atoms with Crippen molar-refractivity contribution >= 4 is 22.6 Å². The van der Waals surface area contributed by atoms with E-state index in [1.807, 2.05) is 37.3 Å². The molecule has 1 unspecified atom stereocenters. The van der Waals surface area contributed by atoms with Gasteiger partial charge in [-0.25, -0.2) is 4.68 Å². The average Bonchev–Trinajstić information content (AvgIpc) is 3.20. The summed E-state index contributed by atoms with van der Waals surface area (Å²) in [7, 11) is 0. The Morgan fingerprint density at radius 2 is 1.74 bits per heavy atom. The zero-order valence-electron chi connectivity index (χ0n) is 17.5. The van der Waals surface area contributed by atoms with Gasteiger partial charge in [0.15, 0.2) is 0 Å². The average molecular weight is 418 g/mol. The number of amides is 2. The molecule has 1 aromatic heterocycles. The van der Waals surface area contributed by atoms with Crippen molar-refractivity contribution in [3.63, 3.8) is 0 Å². The summed E-state index contributed by atoms with van der Waals surface area (Å²) in [4.78, 5) is 40.3. The Morgan fingerprint density at radius 3 is 2.39 bits per heavy atom. The normalized spacial score (nSPS) is 14.7. The molecule has 7 heteroatoms. The summed E-state index contributed by atoms with van der Waals surface area (Å²) < 4.78 is 1.02. The third kappa shape index (κ3) is 3.91. The second kappa shape index (κ2) is 8.63. The molecule has 2 heterocycles. The van der Waals surface area contributed by atoms with E-state index >= 15 is 0 Å². The number of nitrogens with one attached hydrogen (secondary N) is 1. The first-order chi connectivity index (χ1) is 15.0. The second-order valence-corrected chi connectivity index (χ2v) is 7.81. The third-order valence-corrected chi connectivity index (χ3v) is 5.88. The van der Waals surface area contributed by atoms with Crippen LogP contribution in [0.2, 0.25) is 0 Å². The first-order valence-electron chi connectivity index (χ1n) is 10.6. The van der Waals surface area contributed by atoms with E-state index in [1.54, 1.807) is 29.2 Å². The Balaban J connectivity index is 1.81. The molecule has 3 N–H and O–H groups in total. The minimum atomic E-state index is -0.385. The van der Waals surface area contributed by atoms with E-state index in [4.69, 9.17) is 5.84 Å². The number of likely N-dealkylation sites (tertiary alicyclic amines) is 1. The lowest BCUT2D eigenvalue weighted by molar-refractivity contribution is -0.128. The standard InChI is InChI=1S/C24H26N4O3/c1-2-19(16-9-4-3-5-10-16)26-23(30)22-17-11-6-7-12-18(17)24(31)28(25)20(22)15-27-14-8-13-21(27)29/h3-7,9-12,19H,2,8,13-15,25H2,1H3,(H,26,30). The van der Waals surface area contributed by atoms with Gasteiger partial charge in [-0.05, 0) is 24.5 Å². The first kappa shape index (κ1) is 20.7. The number of hydrogen-bond donors (Lipinski definition) is 2. The monoisotopic (exact) mass is 418 g/mol. The van der Waals surface area contributed by atoms with Gasteiger partial charge in [-0.15, -0.1) is 0 Å². The second-order valence-electron chi connectivity index (χ2n) is 7.81. The van der Waals surface area contributed by atoms with E-state index in [0.29, 0.717) is 41.4 Å². The predicted octanol–water partition coefficient (Wildman–Crippen LogP) is 2.72. The van der Waals surface area contributed by atoms with E-state index in [9.17, 15) is 14.4 Å². The molecule has 7 nitrogen and oxygen atoms in total. The van der Waals surface area contributed by atoms with Crippen molar-refractivity contribution in [2.24, 2.45) is 0 Å². The van der Waals surface area contributed by atoms with Crippen LogP contribution in [0.4, 0.5) is 0 Å². The van der Waals surface area contributed by atoms with Gasteiger partial charge in [0.25, 0.3) is 11.5 Å². The molecule has 0 spiro atoms. The van der Waals surface area contributed by atoms with E-state index in [-0.39, 0.29) is 30.0 Å². The molecule has 0 bridgehead atoms. The Morgan fingerprint density at radius 1 is 1.06 bits per heavy atom. The number of nitrogen functional groups attached to an aromatic ring is 1. The van der Waals surface area contributed by atoms with Crippen LogP contribution in [0.5, 0.6) is 0 Å². The quantitative estimate of drug-likeness (QED) is 0.602. The molecule has 1 aliphatic heterocycles. The molecule has 1 saturated heterocycles. The van der Waals surface area contributed by atoms with Crippen molar-refractivity contribution in [2.75, 3.05) is 12.4 Å². The first-order valence-corrected chi connectivity index (χ1v) is 10.6. The fourth-order valence-corrected chi connectivity index (χ4v) is 4.21. The van der Waals surface area contributed by atoms with Crippen molar-refractivity contribution in [3.05, 3.63) is 81.8 Å². The van der Waals surface area contributed by atoms with Crippen LogP contribution >= 0.6 is 0 Å². The van der Waals surface area contributed by atoms with Gasteiger partial charge >= 0.3 is 0 Å². The SMILES string of the molecule is CCC(NC(=O)c1c(CN2CCCC2=O)n(N)c(=O)c2ccccc12)c1ccccc1. The number of fused-ring (bicyclic) bond motifs is 1. The van der Waals surface area contributed by atoms with Crippen molar-refractivity contribution < 1.29 is 9.59 Å². The highest BCUT2D eigenvalue weighted by molar-refractivity contribution is 6.08. The van der Waals surface area contributed by atoms with Gasteiger partial charge < -0.3 is 16.1 Å². The molecule has 1 fully saturated rings. The van der Waals surface area contributed by atoms with Crippen LogP contribution in [-0.4, -0.2) is 27.9 Å². The molecule has 2 amide bonds. The number of carbonyl (C=O) groups excluding carboxylic acids is 2. The van der Waals surface area contributed by atoms with E-state index in [1.165, 1.54) is 0 Å². The lowest BCUT2D eigenvalue weighted by Crippen LogP contribution is -2.39. The van der Waals surface area contributed by atoms with Crippen LogP contribution < -0.4 is 16.7 Å². The number of rotatable bonds is 6. The Kier molecular flexibility index (Phi) is 5.75. The maximum atomic E-state index is 13.6. The van der Waals surface area contributed by atoms with Gasteiger partial charge in [-0.3, -0.25) is 14.4 Å². The zero-order valence-corrected chi connectivity index (χ0v) is 17.5. The molecule has 3 aromatic rings. The summed E-state index contributed by atoms with van der Waals surface area (Å²) in [6.07, 6.45) is 1.93. The molecule has 4 rings (SSSR count). The van der Waals surface area contributed by atoms with Gasteiger partial charge in [0.05, 0.1) is 23.8 Å². The Bertz CT molecular complexity index is 1190. The Hall–Kier alpha value is -3.61. The lowest BCUT2D eigenvalue weighted by atomic mass is 10.0. The van der Waals surface area contributed by atoms with E-state index < -0.39 is 0 Å². The van der Waals surface area contributed by atoms with Gasteiger partial charge in [0, 0.05) is 23.7 Å². The van der Waals surface area contributed by atoms with Crippen molar-refractivity contribution in [2.45, 2.75) is 38.8 Å². The van der Waals surface area contributed by atoms with Crippen LogP contribution in [-0.2, 0) is 11.3 Å². The fraction of sp³-hybridized carbons (Fsp3) is 0.292. The largest absolute Gasteiger partial charge is 0.345 e.